The Hall–Kier alpha value is -2.54. The largest absolute Gasteiger partial charge is 0.494 e. The van der Waals surface area contributed by atoms with Gasteiger partial charge in [-0.05, 0) is 81.8 Å². The van der Waals surface area contributed by atoms with Crippen LogP contribution in [0.15, 0.2) is 58.5 Å². The first-order valence-electron chi connectivity index (χ1n) is 8.38. The summed E-state index contributed by atoms with van der Waals surface area (Å²) >= 11 is 0. The van der Waals surface area contributed by atoms with Gasteiger partial charge in [-0.15, -0.1) is 0 Å². The molecule has 0 saturated heterocycles. The number of rotatable bonds is 8. The van der Waals surface area contributed by atoms with Crippen molar-refractivity contribution in [2.75, 3.05) is 6.61 Å². The molecule has 0 atom stereocenters. The summed E-state index contributed by atoms with van der Waals surface area (Å²) in [6, 6.07) is 13.5. The number of sulfonamides is 1. The van der Waals surface area contributed by atoms with Gasteiger partial charge in [0.2, 0.25) is 0 Å². The highest BCUT2D eigenvalue weighted by molar-refractivity contribution is 7.89. The quantitative estimate of drug-likeness (QED) is 0.564. The standard InChI is InChI=1S/C19H24N2O4S/c1-5-24-17-10-12-19(13-11-17)26(22,23)21-20-15(4)16-6-8-18(9-7-16)25-14(2)3/h6-14,21H,5H2,1-4H3/b20-15-. The second kappa shape index (κ2) is 8.71. The van der Waals surface area contributed by atoms with Gasteiger partial charge in [-0.1, -0.05) is 0 Å². The minimum absolute atomic E-state index is 0.0940. The maximum Gasteiger partial charge on any atom is 0.276 e. The molecular weight excluding hydrogens is 352 g/mol. The number of benzene rings is 2. The van der Waals surface area contributed by atoms with Crippen LogP contribution in [0.1, 0.15) is 33.3 Å². The van der Waals surface area contributed by atoms with Gasteiger partial charge in [-0.2, -0.15) is 18.4 Å². The molecule has 7 heteroatoms. The average molecular weight is 376 g/mol. The summed E-state index contributed by atoms with van der Waals surface area (Å²) in [4.78, 5) is 2.38. The number of nitrogens with one attached hydrogen (secondary N) is 1. The van der Waals surface area contributed by atoms with Gasteiger partial charge in [0.05, 0.1) is 23.3 Å². The fourth-order valence-electron chi connectivity index (χ4n) is 2.17. The Kier molecular flexibility index (Phi) is 6.63. The molecule has 2 aromatic carbocycles. The van der Waals surface area contributed by atoms with E-state index in [-0.39, 0.29) is 11.0 Å². The maximum atomic E-state index is 12.3. The average Bonchev–Trinajstić information content (AvgIpc) is 2.61. The van der Waals surface area contributed by atoms with Crippen LogP contribution < -0.4 is 14.3 Å². The summed E-state index contributed by atoms with van der Waals surface area (Å²) in [7, 11) is -3.74. The zero-order chi connectivity index (χ0) is 19.2. The molecular formula is C19H24N2O4S. The Labute approximate surface area is 154 Å². The van der Waals surface area contributed by atoms with E-state index in [0.717, 1.165) is 11.3 Å². The molecule has 0 saturated carbocycles. The number of ether oxygens (including phenoxy) is 2. The number of hydrogen-bond acceptors (Lipinski definition) is 5. The van der Waals surface area contributed by atoms with Gasteiger partial charge in [-0.25, -0.2) is 0 Å². The van der Waals surface area contributed by atoms with Crippen LogP contribution in [0.2, 0.25) is 0 Å². The molecule has 0 aromatic heterocycles. The SMILES string of the molecule is CCOc1ccc(S(=O)(=O)N/N=C(/C)c2ccc(OC(C)C)cc2)cc1. The Bertz CT molecular complexity index is 842. The third-order valence-corrected chi connectivity index (χ3v) is 4.65. The fourth-order valence-corrected chi connectivity index (χ4v) is 3.03. The zero-order valence-electron chi connectivity index (χ0n) is 15.4. The molecule has 0 heterocycles. The highest BCUT2D eigenvalue weighted by atomic mass is 32.2. The van der Waals surface area contributed by atoms with Crippen LogP contribution in [-0.2, 0) is 10.0 Å². The van der Waals surface area contributed by atoms with Gasteiger partial charge >= 0.3 is 0 Å². The monoisotopic (exact) mass is 376 g/mol. The molecule has 0 aliphatic carbocycles. The van der Waals surface area contributed by atoms with Crippen molar-refractivity contribution in [3.63, 3.8) is 0 Å². The minimum atomic E-state index is -3.74. The van der Waals surface area contributed by atoms with E-state index >= 15 is 0 Å². The Morgan fingerprint density at radius 2 is 1.62 bits per heavy atom. The summed E-state index contributed by atoms with van der Waals surface area (Å²) in [5.41, 5.74) is 1.35. The van der Waals surface area contributed by atoms with Crippen molar-refractivity contribution >= 4 is 15.7 Å². The summed E-state index contributed by atoms with van der Waals surface area (Å²) < 4.78 is 35.6. The first kappa shape index (κ1) is 19.8. The van der Waals surface area contributed by atoms with Crippen LogP contribution in [0, 0.1) is 0 Å². The molecule has 1 N–H and O–H groups in total. The molecule has 2 aromatic rings. The summed E-state index contributed by atoms with van der Waals surface area (Å²) in [5, 5.41) is 4.00. The molecule has 0 aliphatic heterocycles. The highest BCUT2D eigenvalue weighted by Crippen LogP contribution is 2.17. The number of hydrogen-bond donors (Lipinski definition) is 1. The van der Waals surface area contributed by atoms with E-state index in [0.29, 0.717) is 18.1 Å². The van der Waals surface area contributed by atoms with Crippen LogP contribution >= 0.6 is 0 Å². The molecule has 0 unspecified atom stereocenters. The zero-order valence-corrected chi connectivity index (χ0v) is 16.2. The number of nitrogens with zero attached hydrogens (tertiary/aromatic N) is 1. The summed E-state index contributed by atoms with van der Waals surface area (Å²) in [6.07, 6.45) is 0.0940. The number of hydrazone groups is 1. The minimum Gasteiger partial charge on any atom is -0.494 e. The van der Waals surface area contributed by atoms with E-state index in [2.05, 4.69) is 9.93 Å². The van der Waals surface area contributed by atoms with E-state index in [1.54, 1.807) is 19.1 Å². The molecule has 140 valence electrons. The molecule has 2 rings (SSSR count). The van der Waals surface area contributed by atoms with E-state index in [1.165, 1.54) is 12.1 Å². The Morgan fingerprint density at radius 3 is 2.15 bits per heavy atom. The topological polar surface area (TPSA) is 77.0 Å². The summed E-state index contributed by atoms with van der Waals surface area (Å²) in [6.45, 7) is 8.03. The van der Waals surface area contributed by atoms with Crippen molar-refractivity contribution in [3.05, 3.63) is 54.1 Å². The lowest BCUT2D eigenvalue weighted by Crippen LogP contribution is -2.20. The second-order valence-corrected chi connectivity index (χ2v) is 7.55. The first-order chi connectivity index (χ1) is 12.3. The van der Waals surface area contributed by atoms with Crippen LogP contribution in [0.4, 0.5) is 0 Å². The van der Waals surface area contributed by atoms with Crippen molar-refractivity contribution in [2.24, 2.45) is 5.10 Å². The molecule has 0 radical (unpaired) electrons. The van der Waals surface area contributed by atoms with Crippen LogP contribution in [0.25, 0.3) is 0 Å². The fraction of sp³-hybridized carbons (Fsp3) is 0.316. The molecule has 0 bridgehead atoms. The van der Waals surface area contributed by atoms with Gasteiger partial charge in [0.1, 0.15) is 11.5 Å². The molecule has 0 aliphatic rings. The lowest BCUT2D eigenvalue weighted by atomic mass is 10.1. The second-order valence-electron chi connectivity index (χ2n) is 5.89. The predicted molar refractivity (Wildman–Crippen MR) is 102 cm³/mol. The van der Waals surface area contributed by atoms with Crippen molar-refractivity contribution in [1.82, 2.24) is 4.83 Å². The molecule has 0 amide bonds. The van der Waals surface area contributed by atoms with Gasteiger partial charge in [0.15, 0.2) is 0 Å². The molecule has 26 heavy (non-hydrogen) atoms. The highest BCUT2D eigenvalue weighted by Gasteiger charge is 2.13. The molecule has 6 nitrogen and oxygen atoms in total. The van der Waals surface area contributed by atoms with Crippen LogP contribution in [-0.4, -0.2) is 26.8 Å². The third kappa shape index (κ3) is 5.49. The van der Waals surface area contributed by atoms with E-state index in [9.17, 15) is 8.42 Å². The lowest BCUT2D eigenvalue weighted by Gasteiger charge is -2.10. The normalized spacial score (nSPS) is 12.1. The van der Waals surface area contributed by atoms with Crippen molar-refractivity contribution in [1.29, 1.82) is 0 Å². The van der Waals surface area contributed by atoms with Gasteiger partial charge in [-0.3, -0.25) is 0 Å². The lowest BCUT2D eigenvalue weighted by molar-refractivity contribution is 0.242. The molecule has 0 fully saturated rings. The first-order valence-corrected chi connectivity index (χ1v) is 9.86. The van der Waals surface area contributed by atoms with E-state index in [4.69, 9.17) is 9.47 Å². The van der Waals surface area contributed by atoms with Crippen molar-refractivity contribution in [3.8, 4) is 11.5 Å². The Balaban J connectivity index is 2.08. The van der Waals surface area contributed by atoms with Gasteiger partial charge < -0.3 is 9.47 Å². The maximum absolute atomic E-state index is 12.3. The predicted octanol–water partition coefficient (Wildman–Crippen LogP) is 3.58. The van der Waals surface area contributed by atoms with Gasteiger partial charge in [0.25, 0.3) is 10.0 Å². The third-order valence-electron chi connectivity index (χ3n) is 3.42. The van der Waals surface area contributed by atoms with Gasteiger partial charge in [0, 0.05) is 0 Å². The smallest absolute Gasteiger partial charge is 0.276 e. The van der Waals surface area contributed by atoms with Crippen LogP contribution in [0.5, 0.6) is 11.5 Å². The van der Waals surface area contributed by atoms with Crippen LogP contribution in [0.3, 0.4) is 0 Å². The van der Waals surface area contributed by atoms with E-state index < -0.39 is 10.0 Å². The summed E-state index contributed by atoms with van der Waals surface area (Å²) in [5.74, 6) is 1.38. The van der Waals surface area contributed by atoms with E-state index in [1.807, 2.05) is 45.0 Å². The van der Waals surface area contributed by atoms with Crippen molar-refractivity contribution in [2.45, 2.75) is 38.7 Å². The van der Waals surface area contributed by atoms with Crippen molar-refractivity contribution < 1.29 is 17.9 Å². The molecule has 0 spiro atoms. The Morgan fingerprint density at radius 1 is 1.04 bits per heavy atom.